The number of para-hydroxylation sites is 1. The molecule has 0 saturated carbocycles. The van der Waals surface area contributed by atoms with E-state index in [4.69, 9.17) is 0 Å². The molecule has 4 heteroatoms. The maximum Gasteiger partial charge on any atom is 0.259 e. The molecule has 0 spiro atoms. The molecule has 1 heterocycles. The molecule has 0 aliphatic heterocycles. The third kappa shape index (κ3) is 3.25. The number of nitrogens with one attached hydrogen (secondary N) is 1. The topological polar surface area (TPSA) is 58.1 Å². The monoisotopic (exact) mass is 255 g/mol. The number of rotatable bonds is 3. The second-order valence-electron chi connectivity index (χ2n) is 3.38. The van der Waals surface area contributed by atoms with E-state index in [1.54, 1.807) is 30.4 Å². The van der Waals surface area contributed by atoms with Gasteiger partial charge in [0, 0.05) is 0 Å². The van der Waals surface area contributed by atoms with Gasteiger partial charge in [-0.1, -0.05) is 38.6 Å². The Bertz CT molecular complexity index is 668. The Morgan fingerprint density at radius 1 is 1.37 bits per heavy atom. The van der Waals surface area contributed by atoms with Crippen molar-refractivity contribution in [1.82, 2.24) is 9.97 Å². The molecule has 0 unspecified atom stereocenters. The fraction of sp³-hybridized carbons (Fsp3) is 0.133. The Morgan fingerprint density at radius 2 is 2.05 bits per heavy atom. The lowest BCUT2D eigenvalue weighted by atomic mass is 10.2. The van der Waals surface area contributed by atoms with E-state index in [-0.39, 0.29) is 5.56 Å². The van der Waals surface area contributed by atoms with Gasteiger partial charge >= 0.3 is 0 Å². The van der Waals surface area contributed by atoms with Crippen LogP contribution in [0.5, 0.6) is 0 Å². The highest BCUT2D eigenvalue weighted by Gasteiger charge is 2.05. The molecule has 98 valence electrons. The van der Waals surface area contributed by atoms with Crippen LogP contribution < -0.4 is 5.56 Å². The summed E-state index contributed by atoms with van der Waals surface area (Å²) in [6.07, 6.45) is 3.21. The van der Waals surface area contributed by atoms with Gasteiger partial charge in [0.15, 0.2) is 5.82 Å². The third-order valence-corrected chi connectivity index (χ3v) is 2.30. The lowest BCUT2D eigenvalue weighted by molar-refractivity contribution is 1.11. The van der Waals surface area contributed by atoms with Gasteiger partial charge in [-0.2, -0.15) is 0 Å². The minimum Gasteiger partial charge on any atom is -0.305 e. The van der Waals surface area contributed by atoms with E-state index >= 15 is 0 Å². The molecule has 1 aromatic carbocycles. The van der Waals surface area contributed by atoms with Crippen molar-refractivity contribution in [2.75, 3.05) is 0 Å². The Balaban J connectivity index is 0.000000861. The van der Waals surface area contributed by atoms with Crippen molar-refractivity contribution in [1.29, 1.82) is 0 Å². The highest BCUT2D eigenvalue weighted by Crippen LogP contribution is 2.12. The summed E-state index contributed by atoms with van der Waals surface area (Å²) in [6, 6.07) is 7.13. The van der Waals surface area contributed by atoms with Crippen molar-refractivity contribution in [3.63, 3.8) is 0 Å². The van der Waals surface area contributed by atoms with Crippen LogP contribution in [0.15, 0.2) is 52.8 Å². The summed E-state index contributed by atoms with van der Waals surface area (Å²) in [6.45, 7) is 11.0. The molecular formula is C15H17N3O. The van der Waals surface area contributed by atoms with Crippen LogP contribution in [-0.2, 0) is 0 Å². The Kier molecular flexibility index (Phi) is 5.41. The fourth-order valence-electron chi connectivity index (χ4n) is 1.53. The zero-order chi connectivity index (χ0) is 14.3. The normalized spacial score (nSPS) is 10.5. The molecule has 0 aliphatic carbocycles. The predicted octanol–water partition coefficient (Wildman–Crippen LogP) is 3.18. The van der Waals surface area contributed by atoms with Crippen molar-refractivity contribution in [3.05, 3.63) is 59.2 Å². The number of allylic oxidation sites excluding steroid dienone is 2. The van der Waals surface area contributed by atoms with Crippen LogP contribution in [0.25, 0.3) is 16.6 Å². The first-order chi connectivity index (χ1) is 9.26. The van der Waals surface area contributed by atoms with E-state index in [0.29, 0.717) is 22.4 Å². The lowest BCUT2D eigenvalue weighted by Gasteiger charge is -2.02. The first-order valence-electron chi connectivity index (χ1n) is 6.05. The van der Waals surface area contributed by atoms with E-state index < -0.39 is 0 Å². The zero-order valence-electron chi connectivity index (χ0n) is 11.2. The highest BCUT2D eigenvalue weighted by molar-refractivity contribution is 5.79. The highest BCUT2D eigenvalue weighted by atomic mass is 16.1. The maximum atomic E-state index is 11.8. The number of nitrogens with zero attached hydrogens (tertiary/aromatic N) is 2. The van der Waals surface area contributed by atoms with Crippen LogP contribution in [0.2, 0.25) is 0 Å². The zero-order valence-corrected chi connectivity index (χ0v) is 11.2. The average molecular weight is 255 g/mol. The molecule has 0 atom stereocenters. The molecule has 1 N–H and O–H groups in total. The SMILES string of the molecule is C=C/C=C(\N=C)c1nc2ccccc2c(=O)[nH]1.CC. The molecule has 19 heavy (non-hydrogen) atoms. The Hall–Kier alpha value is -2.49. The van der Waals surface area contributed by atoms with Crippen molar-refractivity contribution in [2.24, 2.45) is 4.99 Å². The van der Waals surface area contributed by atoms with Gasteiger partial charge in [-0.05, 0) is 24.9 Å². The second-order valence-corrected chi connectivity index (χ2v) is 3.38. The third-order valence-electron chi connectivity index (χ3n) is 2.30. The summed E-state index contributed by atoms with van der Waals surface area (Å²) in [5.74, 6) is 0.392. The van der Waals surface area contributed by atoms with Gasteiger partial charge in [-0.3, -0.25) is 9.79 Å². The first-order valence-corrected chi connectivity index (χ1v) is 6.05. The van der Waals surface area contributed by atoms with Gasteiger partial charge in [0.2, 0.25) is 0 Å². The second kappa shape index (κ2) is 7.06. The van der Waals surface area contributed by atoms with E-state index in [1.807, 2.05) is 19.9 Å². The van der Waals surface area contributed by atoms with E-state index in [0.717, 1.165) is 0 Å². The van der Waals surface area contributed by atoms with E-state index in [2.05, 4.69) is 28.3 Å². The molecule has 0 amide bonds. The van der Waals surface area contributed by atoms with Gasteiger partial charge in [0.05, 0.1) is 10.9 Å². The largest absolute Gasteiger partial charge is 0.305 e. The number of aromatic amines is 1. The summed E-state index contributed by atoms with van der Waals surface area (Å²) in [4.78, 5) is 22.6. The average Bonchev–Trinajstić information content (AvgIpc) is 2.47. The van der Waals surface area contributed by atoms with Crippen LogP contribution in [0.4, 0.5) is 0 Å². The fourth-order valence-corrected chi connectivity index (χ4v) is 1.53. The minimum absolute atomic E-state index is 0.191. The quantitative estimate of drug-likeness (QED) is 0.676. The number of hydrogen-bond acceptors (Lipinski definition) is 3. The van der Waals surface area contributed by atoms with Crippen molar-refractivity contribution < 1.29 is 0 Å². The van der Waals surface area contributed by atoms with Gasteiger partial charge in [0.1, 0.15) is 5.70 Å². The smallest absolute Gasteiger partial charge is 0.259 e. The van der Waals surface area contributed by atoms with Gasteiger partial charge in [0.25, 0.3) is 5.56 Å². The van der Waals surface area contributed by atoms with Gasteiger partial charge in [-0.25, -0.2) is 4.98 Å². The van der Waals surface area contributed by atoms with Crippen LogP contribution in [-0.4, -0.2) is 16.7 Å². The number of H-pyrrole nitrogens is 1. The van der Waals surface area contributed by atoms with E-state index in [9.17, 15) is 4.79 Å². The van der Waals surface area contributed by atoms with Gasteiger partial charge < -0.3 is 4.98 Å². The summed E-state index contributed by atoms with van der Waals surface area (Å²) < 4.78 is 0. The minimum atomic E-state index is -0.191. The first kappa shape index (κ1) is 14.6. The van der Waals surface area contributed by atoms with Crippen LogP contribution in [0.3, 0.4) is 0 Å². The number of hydrogen-bond donors (Lipinski definition) is 1. The molecule has 0 bridgehead atoms. The summed E-state index contributed by atoms with van der Waals surface area (Å²) in [5, 5.41) is 0.554. The lowest BCUT2D eigenvalue weighted by Crippen LogP contribution is -2.10. The standard InChI is InChI=1S/C13H11N3O.C2H6/c1-3-6-11(14-2)12-15-10-8-5-4-7-9(10)13(17)16-12;1-2/h3-8H,1-2H2,(H,15,16,17);1-2H3/b11-6-;. The Labute approximate surface area is 112 Å². The van der Waals surface area contributed by atoms with Crippen molar-refractivity contribution in [3.8, 4) is 0 Å². The molecule has 1 aromatic heterocycles. The molecule has 0 fully saturated rings. The summed E-state index contributed by atoms with van der Waals surface area (Å²) >= 11 is 0. The molecule has 0 aliphatic rings. The Morgan fingerprint density at radius 3 is 2.68 bits per heavy atom. The summed E-state index contributed by atoms with van der Waals surface area (Å²) in [5.41, 5.74) is 0.928. The molecular weight excluding hydrogens is 238 g/mol. The van der Waals surface area contributed by atoms with Crippen LogP contribution >= 0.6 is 0 Å². The molecule has 0 radical (unpaired) electrons. The molecule has 0 saturated heterocycles. The van der Waals surface area contributed by atoms with Crippen LogP contribution in [0, 0.1) is 0 Å². The number of aliphatic imine (C=N–C) groups is 1. The predicted molar refractivity (Wildman–Crippen MR) is 81.4 cm³/mol. The number of benzene rings is 1. The molecule has 4 nitrogen and oxygen atoms in total. The van der Waals surface area contributed by atoms with Crippen molar-refractivity contribution in [2.45, 2.75) is 13.8 Å². The maximum absolute atomic E-state index is 11.8. The molecule has 2 rings (SSSR count). The number of fused-ring (bicyclic) bond motifs is 1. The summed E-state index contributed by atoms with van der Waals surface area (Å²) in [7, 11) is 0. The van der Waals surface area contributed by atoms with Crippen molar-refractivity contribution >= 4 is 23.3 Å². The molecule has 2 aromatic rings. The van der Waals surface area contributed by atoms with Crippen LogP contribution in [0.1, 0.15) is 19.7 Å². The number of aromatic nitrogens is 2. The van der Waals surface area contributed by atoms with E-state index in [1.165, 1.54) is 0 Å². The van der Waals surface area contributed by atoms with Gasteiger partial charge in [-0.15, -0.1) is 0 Å².